The molecule has 0 aliphatic carbocycles. The quantitative estimate of drug-likeness (QED) is 0.808. The summed E-state index contributed by atoms with van der Waals surface area (Å²) in [6.45, 7) is 7.17. The van der Waals surface area contributed by atoms with Crippen LogP contribution in [-0.4, -0.2) is 32.7 Å². The Hall–Kier alpha value is -2.81. The first-order chi connectivity index (χ1) is 11.4. The third-order valence-electron chi connectivity index (χ3n) is 3.84. The number of rotatable bonds is 1. The van der Waals surface area contributed by atoms with Gasteiger partial charge in [0.05, 0.1) is 17.8 Å². The van der Waals surface area contributed by atoms with E-state index < -0.39 is 5.60 Å². The molecule has 3 heterocycles. The van der Waals surface area contributed by atoms with Crippen LogP contribution in [0.15, 0.2) is 30.6 Å². The van der Waals surface area contributed by atoms with Crippen molar-refractivity contribution in [2.75, 3.05) is 6.54 Å². The maximum Gasteiger partial charge on any atom is 0.410 e. The summed E-state index contributed by atoms with van der Waals surface area (Å²) in [6, 6.07) is 7.89. The van der Waals surface area contributed by atoms with Gasteiger partial charge in [-0.1, -0.05) is 0 Å². The lowest BCUT2D eigenvalue weighted by Gasteiger charge is -2.31. The van der Waals surface area contributed by atoms with Crippen molar-refractivity contribution in [1.82, 2.24) is 14.5 Å². The molecule has 0 aromatic carbocycles. The van der Waals surface area contributed by atoms with Crippen LogP contribution in [0, 0.1) is 11.3 Å². The van der Waals surface area contributed by atoms with Gasteiger partial charge in [-0.05, 0) is 39.0 Å². The van der Waals surface area contributed by atoms with Gasteiger partial charge in [-0.15, -0.1) is 0 Å². The summed E-state index contributed by atoms with van der Waals surface area (Å²) in [6.07, 6.45) is 3.14. The Labute approximate surface area is 141 Å². The standard InChI is InChI=1S/C18H20N4O2/c1-18(2,3)24-17(23)21-7-8-22-15(12-21)9-14(10-19)16(22)13-5-4-6-20-11-13/h4-6,9,11H,7-8,12H2,1-3H3. The van der Waals surface area contributed by atoms with E-state index in [2.05, 4.69) is 15.6 Å². The van der Waals surface area contributed by atoms with Gasteiger partial charge < -0.3 is 14.2 Å². The third kappa shape index (κ3) is 3.11. The molecular weight excluding hydrogens is 304 g/mol. The van der Waals surface area contributed by atoms with E-state index in [1.807, 2.05) is 39.0 Å². The number of carbonyl (C=O) groups is 1. The number of pyridine rings is 1. The Bertz CT molecular complexity index is 797. The Kier molecular flexibility index (Phi) is 4.02. The molecule has 0 N–H and O–H groups in total. The molecule has 1 aliphatic rings. The molecule has 1 amide bonds. The van der Waals surface area contributed by atoms with Gasteiger partial charge in [0.25, 0.3) is 0 Å². The zero-order valence-electron chi connectivity index (χ0n) is 14.1. The first kappa shape index (κ1) is 16.1. The summed E-state index contributed by atoms with van der Waals surface area (Å²) >= 11 is 0. The molecule has 2 aromatic rings. The van der Waals surface area contributed by atoms with Crippen LogP contribution in [0.4, 0.5) is 4.79 Å². The average molecular weight is 324 g/mol. The van der Waals surface area contributed by atoms with Gasteiger partial charge in [0, 0.05) is 36.7 Å². The fourth-order valence-electron chi connectivity index (χ4n) is 2.87. The lowest BCUT2D eigenvalue weighted by molar-refractivity contribution is 0.0199. The molecule has 6 nitrogen and oxygen atoms in total. The molecule has 24 heavy (non-hydrogen) atoms. The first-order valence-corrected chi connectivity index (χ1v) is 7.90. The van der Waals surface area contributed by atoms with Crippen molar-refractivity contribution in [3.8, 4) is 17.3 Å². The zero-order chi connectivity index (χ0) is 17.3. The van der Waals surface area contributed by atoms with Gasteiger partial charge in [-0.2, -0.15) is 5.26 Å². The van der Waals surface area contributed by atoms with Crippen molar-refractivity contribution in [2.24, 2.45) is 0 Å². The monoisotopic (exact) mass is 324 g/mol. The molecule has 124 valence electrons. The van der Waals surface area contributed by atoms with Crippen LogP contribution >= 0.6 is 0 Å². The smallest absolute Gasteiger partial charge is 0.410 e. The molecule has 6 heteroatoms. The van der Waals surface area contributed by atoms with E-state index in [9.17, 15) is 10.1 Å². The number of amides is 1. The lowest BCUT2D eigenvalue weighted by Crippen LogP contribution is -2.41. The Morgan fingerprint density at radius 2 is 2.17 bits per heavy atom. The molecule has 0 bridgehead atoms. The van der Waals surface area contributed by atoms with E-state index in [1.54, 1.807) is 17.3 Å². The molecule has 0 fully saturated rings. The largest absolute Gasteiger partial charge is 0.444 e. The topological polar surface area (TPSA) is 71.2 Å². The number of hydrogen-bond donors (Lipinski definition) is 0. The number of fused-ring (bicyclic) bond motifs is 1. The summed E-state index contributed by atoms with van der Waals surface area (Å²) < 4.78 is 7.54. The van der Waals surface area contributed by atoms with Gasteiger partial charge >= 0.3 is 6.09 Å². The van der Waals surface area contributed by atoms with Crippen LogP contribution in [0.5, 0.6) is 0 Å². The maximum absolute atomic E-state index is 12.3. The average Bonchev–Trinajstić information content (AvgIpc) is 2.91. The van der Waals surface area contributed by atoms with Crippen LogP contribution in [-0.2, 0) is 17.8 Å². The highest BCUT2D eigenvalue weighted by Crippen LogP contribution is 2.30. The van der Waals surface area contributed by atoms with E-state index in [4.69, 9.17) is 4.74 Å². The fourth-order valence-corrected chi connectivity index (χ4v) is 2.87. The SMILES string of the molecule is CC(C)(C)OC(=O)N1CCn2c(cc(C#N)c2-c2cccnc2)C1. The molecule has 0 saturated heterocycles. The molecule has 0 saturated carbocycles. The molecular formula is C18H20N4O2. The summed E-state index contributed by atoms with van der Waals surface area (Å²) in [5, 5.41) is 9.47. The number of aromatic nitrogens is 2. The molecule has 0 atom stereocenters. The van der Waals surface area contributed by atoms with Crippen LogP contribution in [0.3, 0.4) is 0 Å². The molecule has 0 unspecified atom stereocenters. The van der Waals surface area contributed by atoms with Crippen LogP contribution in [0.2, 0.25) is 0 Å². The van der Waals surface area contributed by atoms with Crippen molar-refractivity contribution < 1.29 is 9.53 Å². The Morgan fingerprint density at radius 1 is 1.38 bits per heavy atom. The second kappa shape index (κ2) is 6.00. The fraction of sp³-hybridized carbons (Fsp3) is 0.389. The minimum absolute atomic E-state index is 0.323. The van der Waals surface area contributed by atoms with Crippen LogP contribution in [0.1, 0.15) is 32.0 Å². The molecule has 0 spiro atoms. The van der Waals surface area contributed by atoms with Gasteiger partial charge in [0.2, 0.25) is 0 Å². The number of nitriles is 1. The van der Waals surface area contributed by atoms with E-state index in [0.717, 1.165) is 17.0 Å². The highest BCUT2D eigenvalue weighted by atomic mass is 16.6. The van der Waals surface area contributed by atoms with Gasteiger partial charge in [-0.25, -0.2) is 4.79 Å². The van der Waals surface area contributed by atoms with Gasteiger partial charge in [0.1, 0.15) is 11.7 Å². The first-order valence-electron chi connectivity index (χ1n) is 7.90. The summed E-state index contributed by atoms with van der Waals surface area (Å²) in [7, 11) is 0. The molecule has 1 aliphatic heterocycles. The highest BCUT2D eigenvalue weighted by Gasteiger charge is 2.28. The van der Waals surface area contributed by atoms with Crippen molar-refractivity contribution >= 4 is 6.09 Å². The highest BCUT2D eigenvalue weighted by molar-refractivity contribution is 5.70. The van der Waals surface area contributed by atoms with Crippen molar-refractivity contribution in [2.45, 2.75) is 39.5 Å². The minimum atomic E-state index is -0.519. The van der Waals surface area contributed by atoms with Crippen LogP contribution < -0.4 is 0 Å². The number of nitrogens with zero attached hydrogens (tertiary/aromatic N) is 4. The van der Waals surface area contributed by atoms with E-state index >= 15 is 0 Å². The van der Waals surface area contributed by atoms with Crippen molar-refractivity contribution in [3.63, 3.8) is 0 Å². The predicted molar refractivity (Wildman–Crippen MR) is 89.0 cm³/mol. The van der Waals surface area contributed by atoms with Gasteiger partial charge in [-0.3, -0.25) is 4.98 Å². The predicted octanol–water partition coefficient (Wildman–Crippen LogP) is 3.17. The molecule has 0 radical (unpaired) electrons. The zero-order valence-corrected chi connectivity index (χ0v) is 14.1. The number of ether oxygens (including phenoxy) is 1. The third-order valence-corrected chi connectivity index (χ3v) is 3.84. The second-order valence-electron chi connectivity index (χ2n) is 6.80. The normalized spacial score (nSPS) is 14.0. The van der Waals surface area contributed by atoms with E-state index in [1.165, 1.54) is 0 Å². The number of carbonyl (C=O) groups excluding carboxylic acids is 1. The van der Waals surface area contributed by atoms with Gasteiger partial charge in [0.15, 0.2) is 0 Å². The molecule has 3 rings (SSSR count). The summed E-state index contributed by atoms with van der Waals surface area (Å²) in [5.41, 5.74) is 2.79. The van der Waals surface area contributed by atoms with Crippen molar-refractivity contribution in [3.05, 3.63) is 41.9 Å². The lowest BCUT2D eigenvalue weighted by atomic mass is 10.1. The maximum atomic E-state index is 12.3. The minimum Gasteiger partial charge on any atom is -0.444 e. The summed E-state index contributed by atoms with van der Waals surface area (Å²) in [4.78, 5) is 18.1. The number of hydrogen-bond acceptors (Lipinski definition) is 4. The van der Waals surface area contributed by atoms with E-state index in [-0.39, 0.29) is 6.09 Å². The molecule has 2 aromatic heterocycles. The van der Waals surface area contributed by atoms with E-state index in [0.29, 0.717) is 25.2 Å². The van der Waals surface area contributed by atoms with Crippen molar-refractivity contribution in [1.29, 1.82) is 5.26 Å². The van der Waals surface area contributed by atoms with Crippen LogP contribution in [0.25, 0.3) is 11.3 Å². The summed E-state index contributed by atoms with van der Waals surface area (Å²) in [5.74, 6) is 0. The Balaban J connectivity index is 1.91. The second-order valence-corrected chi connectivity index (χ2v) is 6.80. The Morgan fingerprint density at radius 3 is 2.79 bits per heavy atom.